The third-order valence-corrected chi connectivity index (χ3v) is 7.32. The topological polar surface area (TPSA) is 244 Å². The first-order valence-electron chi connectivity index (χ1n) is 12.3. The van der Waals surface area contributed by atoms with Crippen molar-refractivity contribution in [3.8, 4) is 0 Å². The predicted molar refractivity (Wildman–Crippen MR) is 134 cm³/mol. The van der Waals surface area contributed by atoms with Crippen LogP contribution in [0.4, 0.5) is 0 Å². The number of aliphatic hydroxyl groups excluding tert-OH is 1. The standard InChI is InChI=1S/C22H30N5O12P/c1-10-7-26(21(32)24-19(10)30)17-4-12(15(39-17)9-37-40(34,35)36)3-16(29)23-6-14-13(28)5-18(38-14)27-8-11(2)20(31)25-22(27)33/h7-8,12-15,17-18,28H,3-6,9H2,1-2H3,(H,23,29)(H,24,30,32)(H,25,31,33)(H2,34,35,36)/t12-,13-,14+,15+,17+,18+/m0/s1. The van der Waals surface area contributed by atoms with Crippen molar-refractivity contribution in [2.45, 2.75) is 63.9 Å². The van der Waals surface area contributed by atoms with E-state index in [1.54, 1.807) is 0 Å². The fraction of sp³-hybridized carbons (Fsp3) is 0.591. The van der Waals surface area contributed by atoms with Crippen LogP contribution in [0.5, 0.6) is 0 Å². The summed E-state index contributed by atoms with van der Waals surface area (Å²) < 4.78 is 29.6. The van der Waals surface area contributed by atoms with E-state index < -0.39 is 79.5 Å². The Morgan fingerprint density at radius 1 is 1.00 bits per heavy atom. The van der Waals surface area contributed by atoms with E-state index in [2.05, 4.69) is 19.8 Å². The third-order valence-electron chi connectivity index (χ3n) is 6.83. The number of phosphoric ester groups is 1. The molecule has 18 heteroatoms. The average molecular weight is 587 g/mol. The minimum atomic E-state index is -4.85. The fourth-order valence-electron chi connectivity index (χ4n) is 4.71. The maximum atomic E-state index is 12.8. The zero-order valence-electron chi connectivity index (χ0n) is 21.5. The Morgan fingerprint density at radius 2 is 1.52 bits per heavy atom. The molecule has 2 aromatic rings. The van der Waals surface area contributed by atoms with E-state index >= 15 is 0 Å². The molecule has 2 saturated heterocycles. The molecule has 0 bridgehead atoms. The van der Waals surface area contributed by atoms with Crippen LogP contribution in [0, 0.1) is 19.8 Å². The van der Waals surface area contributed by atoms with Gasteiger partial charge in [-0.15, -0.1) is 0 Å². The first kappa shape index (κ1) is 29.8. The van der Waals surface area contributed by atoms with Crippen molar-refractivity contribution in [3.05, 3.63) is 65.2 Å². The van der Waals surface area contributed by atoms with Crippen molar-refractivity contribution in [2.75, 3.05) is 13.2 Å². The van der Waals surface area contributed by atoms with Crippen LogP contribution in [0.15, 0.2) is 31.6 Å². The number of aliphatic hydroxyl groups is 1. The summed E-state index contributed by atoms with van der Waals surface area (Å²) in [6.07, 6.45) is -2.11. The summed E-state index contributed by atoms with van der Waals surface area (Å²) in [7, 11) is -4.85. The van der Waals surface area contributed by atoms with Gasteiger partial charge in [-0.1, -0.05) is 0 Å². The van der Waals surface area contributed by atoms with Crippen molar-refractivity contribution in [2.24, 2.45) is 5.92 Å². The van der Waals surface area contributed by atoms with Gasteiger partial charge in [0.05, 0.1) is 18.8 Å². The second kappa shape index (κ2) is 11.7. The lowest BCUT2D eigenvalue weighted by Gasteiger charge is -2.20. The third kappa shape index (κ3) is 6.93. The van der Waals surface area contributed by atoms with Crippen LogP contribution >= 0.6 is 7.82 Å². The molecule has 0 aliphatic carbocycles. The number of phosphoric acid groups is 1. The maximum Gasteiger partial charge on any atom is 0.469 e. The van der Waals surface area contributed by atoms with E-state index in [4.69, 9.17) is 19.3 Å². The Kier molecular flexibility index (Phi) is 8.75. The summed E-state index contributed by atoms with van der Waals surface area (Å²) in [4.78, 5) is 83.1. The molecule has 0 radical (unpaired) electrons. The predicted octanol–water partition coefficient (Wildman–Crippen LogP) is -2.13. The highest BCUT2D eigenvalue weighted by atomic mass is 31.2. The van der Waals surface area contributed by atoms with Gasteiger partial charge >= 0.3 is 19.2 Å². The number of aryl methyl sites for hydroxylation is 2. The first-order chi connectivity index (χ1) is 18.7. The minimum Gasteiger partial charge on any atom is -0.390 e. The molecular weight excluding hydrogens is 557 g/mol. The molecule has 0 spiro atoms. The van der Waals surface area contributed by atoms with Crippen molar-refractivity contribution < 1.29 is 38.3 Å². The number of ether oxygens (including phenoxy) is 2. The average Bonchev–Trinajstić information content (AvgIpc) is 3.43. The summed E-state index contributed by atoms with van der Waals surface area (Å²) >= 11 is 0. The Balaban J connectivity index is 1.40. The van der Waals surface area contributed by atoms with Gasteiger partial charge in [0, 0.05) is 48.8 Å². The summed E-state index contributed by atoms with van der Waals surface area (Å²) in [5.41, 5.74) is -2.04. The van der Waals surface area contributed by atoms with E-state index in [1.807, 2.05) is 0 Å². The van der Waals surface area contributed by atoms with Crippen LogP contribution < -0.4 is 27.8 Å². The van der Waals surface area contributed by atoms with Gasteiger partial charge < -0.3 is 29.7 Å². The number of nitrogens with one attached hydrogen (secondary N) is 3. The van der Waals surface area contributed by atoms with E-state index in [9.17, 15) is 33.6 Å². The molecule has 0 saturated carbocycles. The Morgan fingerprint density at radius 3 is 2.08 bits per heavy atom. The molecule has 6 N–H and O–H groups in total. The van der Waals surface area contributed by atoms with Crippen molar-refractivity contribution in [1.82, 2.24) is 24.4 Å². The molecule has 2 aromatic heterocycles. The summed E-state index contributed by atoms with van der Waals surface area (Å²) in [5.74, 6) is -1.14. The summed E-state index contributed by atoms with van der Waals surface area (Å²) in [6, 6.07) is 0. The molecule has 0 unspecified atom stereocenters. The normalized spacial score (nSPS) is 26.7. The second-order valence-electron chi connectivity index (χ2n) is 9.81. The van der Waals surface area contributed by atoms with Crippen LogP contribution in [0.1, 0.15) is 42.8 Å². The van der Waals surface area contributed by atoms with Crippen molar-refractivity contribution in [3.63, 3.8) is 0 Å². The molecule has 2 fully saturated rings. The zero-order chi connectivity index (χ0) is 29.4. The van der Waals surface area contributed by atoms with E-state index in [1.165, 1.54) is 26.2 Å². The van der Waals surface area contributed by atoms with Gasteiger partial charge in [0.15, 0.2) is 0 Å². The molecule has 4 heterocycles. The number of nitrogens with zero attached hydrogens (tertiary/aromatic N) is 2. The first-order valence-corrected chi connectivity index (χ1v) is 13.8. The van der Waals surface area contributed by atoms with Gasteiger partial charge in [0.2, 0.25) is 5.91 Å². The monoisotopic (exact) mass is 587 g/mol. The summed E-state index contributed by atoms with van der Waals surface area (Å²) in [5, 5.41) is 13.0. The van der Waals surface area contributed by atoms with Gasteiger partial charge in [-0.05, 0) is 20.3 Å². The number of H-pyrrole nitrogens is 2. The minimum absolute atomic E-state index is 0.0409. The largest absolute Gasteiger partial charge is 0.469 e. The number of amides is 1. The van der Waals surface area contributed by atoms with Gasteiger partial charge in [0.25, 0.3) is 11.1 Å². The molecule has 40 heavy (non-hydrogen) atoms. The number of carbonyl (C=O) groups excluding carboxylic acids is 1. The highest BCUT2D eigenvalue weighted by Crippen LogP contribution is 2.40. The van der Waals surface area contributed by atoms with Crippen molar-refractivity contribution >= 4 is 13.7 Å². The molecule has 1 amide bonds. The molecule has 220 valence electrons. The van der Waals surface area contributed by atoms with Gasteiger partial charge in [-0.2, -0.15) is 0 Å². The maximum absolute atomic E-state index is 12.8. The number of hydrogen-bond acceptors (Lipinski definition) is 10. The lowest BCUT2D eigenvalue weighted by Crippen LogP contribution is -2.38. The lowest BCUT2D eigenvalue weighted by molar-refractivity contribution is -0.123. The van der Waals surface area contributed by atoms with Crippen molar-refractivity contribution in [1.29, 1.82) is 0 Å². The number of aromatic amines is 2. The van der Waals surface area contributed by atoms with E-state index in [0.29, 0.717) is 0 Å². The van der Waals surface area contributed by atoms with Gasteiger partial charge in [-0.3, -0.25) is 38.0 Å². The highest BCUT2D eigenvalue weighted by molar-refractivity contribution is 7.46. The van der Waals surface area contributed by atoms with Gasteiger partial charge in [-0.25, -0.2) is 14.2 Å². The molecular formula is C22H30N5O12P. The Hall–Kier alpha value is -3.18. The number of aromatic nitrogens is 4. The van der Waals surface area contributed by atoms with Crippen LogP contribution in [0.2, 0.25) is 0 Å². The number of rotatable bonds is 9. The van der Waals surface area contributed by atoms with Gasteiger partial charge in [0.1, 0.15) is 18.6 Å². The quantitative estimate of drug-likeness (QED) is 0.172. The molecule has 2 aliphatic heterocycles. The van der Waals surface area contributed by atoms with E-state index in [0.717, 1.165) is 9.13 Å². The Labute approximate surface area is 225 Å². The summed E-state index contributed by atoms with van der Waals surface area (Å²) in [6.45, 7) is 2.33. The number of hydrogen-bond donors (Lipinski definition) is 6. The Bertz CT molecular complexity index is 1540. The van der Waals surface area contributed by atoms with Crippen LogP contribution in [0.25, 0.3) is 0 Å². The molecule has 6 atom stereocenters. The smallest absolute Gasteiger partial charge is 0.390 e. The number of carbonyl (C=O) groups is 1. The second-order valence-corrected chi connectivity index (χ2v) is 11.0. The zero-order valence-corrected chi connectivity index (χ0v) is 22.4. The fourth-order valence-corrected chi connectivity index (χ4v) is 5.05. The molecule has 0 aromatic carbocycles. The molecule has 17 nitrogen and oxygen atoms in total. The van der Waals surface area contributed by atoms with Crippen LogP contribution in [-0.2, 0) is 23.4 Å². The lowest BCUT2D eigenvalue weighted by atomic mass is 9.96. The van der Waals surface area contributed by atoms with E-state index in [-0.39, 0.29) is 36.9 Å². The van der Waals surface area contributed by atoms with Crippen LogP contribution in [-0.4, -0.2) is 71.4 Å². The van der Waals surface area contributed by atoms with Crippen LogP contribution in [0.3, 0.4) is 0 Å². The SMILES string of the molecule is Cc1cn([C@H]2C[C@H](CC(=O)NC[C@H]3O[C@@H](n4cc(C)c(=O)[nH]c4=O)C[C@@H]3O)[C@@H](COP(=O)(O)O)O2)c(=O)[nH]c1=O. The highest BCUT2D eigenvalue weighted by Gasteiger charge is 2.40. The molecule has 4 rings (SSSR count). The molecule has 2 aliphatic rings.